The number of amides is 5. The number of nitrogens with two attached hydrogens (primary N) is 1. The van der Waals surface area contributed by atoms with Gasteiger partial charge in [-0.05, 0) is 218 Å². The number of carbonyl (C=O) groups is 6. The monoisotopic (exact) mass is 1880 g/mol. The van der Waals surface area contributed by atoms with Crippen molar-refractivity contribution < 1.29 is 58.9 Å². The molecule has 34 nitrogen and oxygen atoms in total. The lowest BCUT2D eigenvalue weighted by molar-refractivity contribution is -0.112. The van der Waals surface area contributed by atoms with E-state index >= 15 is 0 Å². The molecule has 137 heavy (non-hydrogen) atoms. The molecule has 37 heteroatoms. The summed E-state index contributed by atoms with van der Waals surface area (Å²) >= 11 is 4.71. The third kappa shape index (κ3) is 21.0. The van der Waals surface area contributed by atoms with Crippen LogP contribution in [0.25, 0.3) is 100 Å². The molecule has 0 radical (unpaired) electrons. The maximum absolute atomic E-state index is 13.3. The van der Waals surface area contributed by atoms with E-state index in [-0.39, 0.29) is 58.3 Å². The molecule has 20 rings (SSSR count). The van der Waals surface area contributed by atoms with E-state index in [1.54, 1.807) is 243 Å². The summed E-state index contributed by atoms with van der Waals surface area (Å²) < 4.78 is 72.5. The van der Waals surface area contributed by atoms with Crippen LogP contribution in [-0.2, 0) is 34.4 Å². The first-order valence-corrected chi connectivity index (χ1v) is 44.3. The number of nitrogens with one attached hydrogen (secondary N) is 9. The highest BCUT2D eigenvalue weighted by Gasteiger charge is 2.26. The fraction of sp³-hybridized carbons (Fsp3) is 0.0100. The molecule has 0 fully saturated rings. The molecule has 12 heterocycles. The Morgan fingerprint density at radius 1 is 0.372 bits per heavy atom. The Kier molecular flexibility index (Phi) is 27.0. The van der Waals surface area contributed by atoms with Crippen LogP contribution in [0.4, 0.5) is 69.0 Å². The van der Waals surface area contributed by atoms with Crippen molar-refractivity contribution in [1.82, 2.24) is 57.8 Å². The van der Waals surface area contributed by atoms with Crippen molar-refractivity contribution >= 4 is 202 Å². The molecule has 0 unspecified atom stereocenters. The summed E-state index contributed by atoms with van der Waals surface area (Å²) in [6.07, 6.45) is 17.6. The zero-order valence-corrected chi connectivity index (χ0v) is 73.3. The van der Waals surface area contributed by atoms with Crippen LogP contribution in [0.15, 0.2) is 378 Å². The number of hydrogen-bond acceptors (Lipinski definition) is 26. The van der Waals surface area contributed by atoms with Gasteiger partial charge in [-0.1, -0.05) is 81.8 Å². The number of rotatable bonds is 24. The smallest absolute Gasteiger partial charge is 0.269 e. The standard InChI is InChI=1S/C35H25N7O5S.C32H23N7O4S.C29H21N7O3.C3H3ClO.CH4/c1-2-30(43)37-25-13-11-22(12-14-25)34(44)38-26-7-6-8-27(20-26)39-35-40-29-16-18-47-32(29)31(41-35)24-19-23-15-17-42(33(23)36-21-24)48(45,46)28-9-4-3-5-10-28;33-23-11-9-20(10-12-23)31(40)35-24-5-4-6-25(18-24)36-32-37-27-14-16-43-29(27)28(38-32)22-17-21-13-15-39(30(21)34-19-22)44(41,42)26-7-2-1-3-8-26;1-2-24(37)32-20-8-6-17(7-9-20)28(38)33-21-4-3-5-22(15-21)34-29-35-23-11-13-39-26(23)25(36-29)19-14-18-10-12-30-27(18)31-16-19;1-2-3(4)5;/h2-21H,1H2,(H,37,43)(H,38,44)(H,39,40,41);1-19H,33H2,(H,35,40)(H,36,37,38);2-16H,1H2,(H,30,31)(H,32,37)(H,33,38)(H,34,35,36);2H,1H2;1H4. The van der Waals surface area contributed by atoms with Crippen LogP contribution in [-0.4, -0.2) is 109 Å². The topological polar surface area (TPSA) is 474 Å². The molecule has 20 aromatic rings. The summed E-state index contributed by atoms with van der Waals surface area (Å²) in [6, 6.07) is 73.6. The van der Waals surface area contributed by atoms with Crippen molar-refractivity contribution in [3.8, 4) is 33.8 Å². The van der Waals surface area contributed by atoms with Gasteiger partial charge in [0.25, 0.3) is 37.8 Å². The van der Waals surface area contributed by atoms with Crippen molar-refractivity contribution in [3.63, 3.8) is 0 Å². The normalized spacial score (nSPS) is 11.0. The number of hydrogen-bond donors (Lipinski definition) is 10. The maximum atomic E-state index is 13.3. The van der Waals surface area contributed by atoms with Crippen molar-refractivity contribution in [2.24, 2.45) is 0 Å². The number of fused-ring (bicyclic) bond motifs is 6. The molecule has 0 atom stereocenters. The van der Waals surface area contributed by atoms with Gasteiger partial charge in [-0.25, -0.2) is 69.6 Å². The summed E-state index contributed by atoms with van der Waals surface area (Å²) in [7, 11) is -7.67. The van der Waals surface area contributed by atoms with E-state index < -0.39 is 25.3 Å². The SMILES string of the molecule is C.C=CC(=O)Cl.C=CC(=O)Nc1ccc(C(=O)Nc2cccc(Nc3nc(-c4cnc5[nH]ccc5c4)c4occc4n3)c2)cc1.C=CC(=O)Nc1ccc(C(=O)Nc2cccc(Nc3nc(-c4cnc5c(ccn5S(=O)(=O)c5ccccc5)c4)c4occc4n3)c2)cc1.Nc1ccc(C(=O)Nc2cccc(Nc3nc(-c4cnc5c(ccn5S(=O)(=O)c5ccccc5)c4)c4occc4n3)c2)cc1. The third-order valence-corrected chi connectivity index (χ3v) is 23.9. The number of carbonyl (C=O) groups excluding carboxylic acids is 6. The Balaban J connectivity index is 0.000000145. The Hall–Kier alpha value is -18.7. The number of pyridine rings is 3. The van der Waals surface area contributed by atoms with Crippen LogP contribution in [0.3, 0.4) is 0 Å². The van der Waals surface area contributed by atoms with Gasteiger partial charge in [0.2, 0.25) is 34.9 Å². The molecule has 0 bridgehead atoms. The minimum Gasteiger partial charge on any atom is -0.460 e. The lowest BCUT2D eigenvalue weighted by Gasteiger charge is -2.11. The lowest BCUT2D eigenvalue weighted by atomic mass is 10.1. The molecule has 0 saturated carbocycles. The van der Waals surface area contributed by atoms with Crippen LogP contribution in [0.5, 0.6) is 0 Å². The second-order valence-corrected chi connectivity index (χ2v) is 33.5. The first-order valence-electron chi connectivity index (χ1n) is 41.0. The van der Waals surface area contributed by atoms with Crippen LogP contribution in [0.2, 0.25) is 0 Å². The predicted molar refractivity (Wildman–Crippen MR) is 528 cm³/mol. The van der Waals surface area contributed by atoms with Gasteiger partial charge in [0.1, 0.15) is 39.3 Å². The average Bonchev–Trinajstić information content (AvgIpc) is 1.63. The van der Waals surface area contributed by atoms with Gasteiger partial charge in [-0.15, -0.1) is 0 Å². The van der Waals surface area contributed by atoms with E-state index in [1.165, 1.54) is 49.2 Å². The highest BCUT2D eigenvalue weighted by molar-refractivity contribution is 7.90. The average molecular weight is 1880 g/mol. The molecule has 0 aliphatic carbocycles. The predicted octanol–water partition coefficient (Wildman–Crippen LogP) is 20.1. The Labute approximate surface area is 784 Å². The number of allylic oxidation sites excluding steroid dienone is 1. The highest BCUT2D eigenvalue weighted by atomic mass is 35.5. The van der Waals surface area contributed by atoms with E-state index in [0.717, 1.165) is 30.6 Å². The Morgan fingerprint density at radius 2 is 0.715 bits per heavy atom. The van der Waals surface area contributed by atoms with Crippen LogP contribution in [0, 0.1) is 0 Å². The molecule has 11 N–H and O–H groups in total. The molecular formula is C100H76ClN21O13S2. The molecule has 5 amide bonds. The summed E-state index contributed by atoms with van der Waals surface area (Å²) in [5.74, 6) is -0.631. The minimum atomic E-state index is -3.84. The molecule has 8 aromatic carbocycles. The number of nitrogens with zero attached hydrogens (tertiary/aromatic N) is 11. The fourth-order valence-corrected chi connectivity index (χ4v) is 16.6. The van der Waals surface area contributed by atoms with Gasteiger partial charge in [0.15, 0.2) is 28.0 Å². The summed E-state index contributed by atoms with van der Waals surface area (Å²) in [4.78, 5) is 116. The molecule has 0 aliphatic heterocycles. The first kappa shape index (κ1) is 91.6. The largest absolute Gasteiger partial charge is 0.460 e. The van der Waals surface area contributed by atoms with Crippen molar-refractivity contribution in [2.75, 3.05) is 48.3 Å². The number of aromatic amines is 1. The number of aromatic nitrogens is 12. The quantitative estimate of drug-likeness (QED) is 0.0153. The summed E-state index contributed by atoms with van der Waals surface area (Å²) in [6.45, 7) is 9.93. The third-order valence-electron chi connectivity index (χ3n) is 20.4. The molecule has 0 saturated heterocycles. The molecule has 0 aliphatic rings. The zero-order chi connectivity index (χ0) is 94.6. The fourth-order valence-electron chi connectivity index (χ4n) is 13.9. The van der Waals surface area contributed by atoms with E-state index in [0.29, 0.717) is 158 Å². The second kappa shape index (κ2) is 40.4. The van der Waals surface area contributed by atoms with Crippen molar-refractivity contribution in [2.45, 2.75) is 17.2 Å². The lowest BCUT2D eigenvalue weighted by Crippen LogP contribution is -2.12. The Morgan fingerprint density at radius 3 is 1.07 bits per heavy atom. The first-order chi connectivity index (χ1) is 65.9. The number of halogens is 1. The van der Waals surface area contributed by atoms with Crippen LogP contribution < -0.4 is 48.3 Å². The molecule has 12 aromatic heterocycles. The number of H-pyrrole nitrogens is 1. The van der Waals surface area contributed by atoms with E-state index in [9.17, 15) is 45.6 Å². The Bertz CT molecular complexity index is 8280. The molecule has 678 valence electrons. The number of nitrogen functional groups attached to an aromatic ring is 1. The van der Waals surface area contributed by atoms with E-state index in [4.69, 9.17) is 45.5 Å². The van der Waals surface area contributed by atoms with Crippen LogP contribution >= 0.6 is 11.6 Å². The maximum Gasteiger partial charge on any atom is 0.269 e. The van der Waals surface area contributed by atoms with Gasteiger partial charge in [0, 0.05) is 156 Å². The van der Waals surface area contributed by atoms with Gasteiger partial charge in [0.05, 0.1) is 28.6 Å². The second-order valence-electron chi connectivity index (χ2n) is 29.5. The van der Waals surface area contributed by atoms with Crippen molar-refractivity contribution in [3.05, 3.63) is 371 Å². The molecular weight excluding hydrogens is 1800 g/mol. The van der Waals surface area contributed by atoms with Gasteiger partial charge in [-0.3, -0.25) is 28.8 Å². The van der Waals surface area contributed by atoms with E-state index in [2.05, 4.69) is 97.2 Å². The van der Waals surface area contributed by atoms with Gasteiger partial charge < -0.3 is 66.5 Å². The zero-order valence-electron chi connectivity index (χ0n) is 70.9. The summed E-state index contributed by atoms with van der Waals surface area (Å²) in [5.41, 5.74) is 20.5. The van der Waals surface area contributed by atoms with Gasteiger partial charge in [-0.2, -0.15) is 0 Å². The number of benzene rings is 8. The van der Waals surface area contributed by atoms with Crippen LogP contribution in [0.1, 0.15) is 38.5 Å². The molecule has 0 spiro atoms. The summed E-state index contributed by atoms with van der Waals surface area (Å²) in [5, 5.41) is 25.2. The highest BCUT2D eigenvalue weighted by Crippen LogP contribution is 2.37. The van der Waals surface area contributed by atoms with E-state index in [1.807, 2.05) is 36.5 Å². The number of anilines is 12. The van der Waals surface area contributed by atoms with Crippen molar-refractivity contribution in [1.29, 1.82) is 0 Å². The van der Waals surface area contributed by atoms with Gasteiger partial charge >= 0.3 is 0 Å². The minimum absolute atomic E-state index is 0. The number of furan rings is 3.